The van der Waals surface area contributed by atoms with E-state index in [1.54, 1.807) is 7.11 Å². The minimum absolute atomic E-state index is 0.139. The lowest BCUT2D eigenvalue weighted by Gasteiger charge is -2.32. The van der Waals surface area contributed by atoms with Gasteiger partial charge in [0.05, 0.1) is 6.61 Å². The summed E-state index contributed by atoms with van der Waals surface area (Å²) in [6, 6.07) is 6.43. The Balaban J connectivity index is 2.17. The molecular weight excluding hydrogens is 244 g/mol. The zero-order valence-corrected chi connectivity index (χ0v) is 11.8. The monoisotopic (exact) mass is 266 g/mol. The van der Waals surface area contributed by atoms with E-state index in [2.05, 4.69) is 18.9 Å². The lowest BCUT2D eigenvalue weighted by Crippen LogP contribution is -2.39. The van der Waals surface area contributed by atoms with Crippen LogP contribution in [-0.4, -0.2) is 45.0 Å². The molecule has 1 aromatic rings. The number of nitrogens with zero attached hydrogens (tertiary/aromatic N) is 1. The molecular formula is C14H22N2O3. The fourth-order valence-electron chi connectivity index (χ4n) is 2.32. The molecule has 0 aromatic heterocycles. The lowest BCUT2D eigenvalue weighted by atomic mass is 10.0. The van der Waals surface area contributed by atoms with Crippen molar-refractivity contribution in [2.75, 3.05) is 34.1 Å². The van der Waals surface area contributed by atoms with Crippen molar-refractivity contribution in [3.8, 4) is 11.5 Å². The Bertz CT molecular complexity index is 425. The third kappa shape index (κ3) is 3.00. The minimum atomic E-state index is 0.139. The third-order valence-corrected chi connectivity index (χ3v) is 3.60. The van der Waals surface area contributed by atoms with Crippen molar-refractivity contribution in [1.82, 2.24) is 4.90 Å². The van der Waals surface area contributed by atoms with Gasteiger partial charge in [-0.25, -0.2) is 0 Å². The van der Waals surface area contributed by atoms with Crippen LogP contribution in [0.15, 0.2) is 18.2 Å². The molecule has 2 unspecified atom stereocenters. The first-order chi connectivity index (χ1) is 9.17. The number of ether oxygens (including phenoxy) is 3. The molecule has 1 aliphatic heterocycles. The Morgan fingerprint density at radius 1 is 1.37 bits per heavy atom. The second-order valence-electron chi connectivity index (χ2n) is 4.83. The number of methoxy groups -OCH3 is 1. The van der Waals surface area contributed by atoms with Crippen molar-refractivity contribution >= 4 is 0 Å². The number of hydrogen-bond acceptors (Lipinski definition) is 5. The van der Waals surface area contributed by atoms with Crippen LogP contribution in [0.4, 0.5) is 0 Å². The maximum atomic E-state index is 5.93. The summed E-state index contributed by atoms with van der Waals surface area (Å²) in [4.78, 5) is 2.22. The van der Waals surface area contributed by atoms with Gasteiger partial charge in [-0.2, -0.15) is 0 Å². The summed E-state index contributed by atoms with van der Waals surface area (Å²) in [7, 11) is 3.77. The van der Waals surface area contributed by atoms with E-state index in [1.165, 1.54) is 0 Å². The second-order valence-corrected chi connectivity index (χ2v) is 4.83. The molecule has 0 spiro atoms. The molecule has 2 N–H and O–H groups in total. The largest absolute Gasteiger partial charge is 0.454 e. The summed E-state index contributed by atoms with van der Waals surface area (Å²) >= 11 is 0. The molecule has 0 aliphatic carbocycles. The highest BCUT2D eigenvalue weighted by Gasteiger charge is 2.23. The molecule has 0 radical (unpaired) electrons. The van der Waals surface area contributed by atoms with Crippen LogP contribution < -0.4 is 15.2 Å². The minimum Gasteiger partial charge on any atom is -0.454 e. The van der Waals surface area contributed by atoms with Gasteiger partial charge in [-0.15, -0.1) is 0 Å². The van der Waals surface area contributed by atoms with Crippen LogP contribution in [0.3, 0.4) is 0 Å². The number of rotatable bonds is 6. The first kappa shape index (κ1) is 14.1. The third-order valence-electron chi connectivity index (χ3n) is 3.60. The standard InChI is InChI=1S/C14H22N2O3/c1-10(8-17-3)16(2)12(7-15)11-4-5-13-14(6-11)19-9-18-13/h4-6,10,12H,7-9,15H2,1-3H3. The molecule has 0 saturated carbocycles. The van der Waals surface area contributed by atoms with E-state index in [1.807, 2.05) is 18.2 Å². The molecule has 5 nitrogen and oxygen atoms in total. The highest BCUT2D eigenvalue weighted by Crippen LogP contribution is 2.35. The van der Waals surface area contributed by atoms with Gasteiger partial charge in [-0.05, 0) is 31.7 Å². The van der Waals surface area contributed by atoms with Gasteiger partial charge >= 0.3 is 0 Å². The molecule has 5 heteroatoms. The molecule has 0 fully saturated rings. The van der Waals surface area contributed by atoms with Gasteiger partial charge in [0.1, 0.15) is 0 Å². The van der Waals surface area contributed by atoms with Crippen LogP contribution in [0, 0.1) is 0 Å². The zero-order valence-electron chi connectivity index (χ0n) is 11.8. The highest BCUT2D eigenvalue weighted by atomic mass is 16.7. The van der Waals surface area contributed by atoms with Crippen molar-refractivity contribution in [2.45, 2.75) is 19.0 Å². The topological polar surface area (TPSA) is 57.0 Å². The maximum Gasteiger partial charge on any atom is 0.231 e. The first-order valence-electron chi connectivity index (χ1n) is 6.47. The maximum absolute atomic E-state index is 5.93. The molecule has 0 saturated heterocycles. The first-order valence-corrected chi connectivity index (χ1v) is 6.47. The Hall–Kier alpha value is -1.30. The fourth-order valence-corrected chi connectivity index (χ4v) is 2.32. The highest BCUT2D eigenvalue weighted by molar-refractivity contribution is 5.45. The van der Waals surface area contributed by atoms with Gasteiger partial charge in [0.15, 0.2) is 11.5 Å². The average Bonchev–Trinajstić information content (AvgIpc) is 2.87. The second kappa shape index (κ2) is 6.23. The van der Waals surface area contributed by atoms with Crippen molar-refractivity contribution in [2.24, 2.45) is 5.73 Å². The lowest BCUT2D eigenvalue weighted by molar-refractivity contribution is 0.0910. The molecule has 19 heavy (non-hydrogen) atoms. The molecule has 2 rings (SSSR count). The molecule has 0 bridgehead atoms. The summed E-state index contributed by atoms with van der Waals surface area (Å²) in [5.74, 6) is 1.59. The molecule has 1 aliphatic rings. The van der Waals surface area contributed by atoms with E-state index in [0.717, 1.165) is 17.1 Å². The normalized spacial score (nSPS) is 16.7. The number of fused-ring (bicyclic) bond motifs is 1. The fraction of sp³-hybridized carbons (Fsp3) is 0.571. The Labute approximate surface area is 114 Å². The van der Waals surface area contributed by atoms with Gasteiger partial charge in [0.25, 0.3) is 0 Å². The number of benzene rings is 1. The molecule has 106 valence electrons. The van der Waals surface area contributed by atoms with Crippen molar-refractivity contribution < 1.29 is 14.2 Å². The van der Waals surface area contributed by atoms with Crippen molar-refractivity contribution in [1.29, 1.82) is 0 Å². The quantitative estimate of drug-likeness (QED) is 0.843. The predicted octanol–water partition coefficient (Wildman–Crippen LogP) is 1.38. The van der Waals surface area contributed by atoms with Gasteiger partial charge in [-0.3, -0.25) is 4.90 Å². The number of nitrogens with two attached hydrogens (primary N) is 1. The van der Waals surface area contributed by atoms with Gasteiger partial charge in [-0.1, -0.05) is 6.07 Å². The van der Waals surface area contributed by atoms with E-state index in [4.69, 9.17) is 19.9 Å². The van der Waals surface area contributed by atoms with Crippen LogP contribution in [0.25, 0.3) is 0 Å². The number of hydrogen-bond donors (Lipinski definition) is 1. The summed E-state index contributed by atoms with van der Waals surface area (Å²) in [6.45, 7) is 3.64. The summed E-state index contributed by atoms with van der Waals surface area (Å²) in [6.07, 6.45) is 0. The van der Waals surface area contributed by atoms with E-state index in [0.29, 0.717) is 26.0 Å². The predicted molar refractivity (Wildman–Crippen MR) is 73.5 cm³/mol. The number of likely N-dealkylation sites (N-methyl/N-ethyl adjacent to an activating group) is 1. The Morgan fingerprint density at radius 2 is 2.11 bits per heavy atom. The van der Waals surface area contributed by atoms with Gasteiger partial charge in [0, 0.05) is 25.7 Å². The Morgan fingerprint density at radius 3 is 2.79 bits per heavy atom. The van der Waals surface area contributed by atoms with E-state index < -0.39 is 0 Å². The smallest absolute Gasteiger partial charge is 0.231 e. The van der Waals surface area contributed by atoms with Gasteiger partial charge in [0.2, 0.25) is 6.79 Å². The van der Waals surface area contributed by atoms with E-state index in [-0.39, 0.29) is 6.04 Å². The summed E-state index contributed by atoms with van der Waals surface area (Å²) < 4.78 is 15.9. The van der Waals surface area contributed by atoms with Crippen molar-refractivity contribution in [3.63, 3.8) is 0 Å². The molecule has 0 amide bonds. The average molecular weight is 266 g/mol. The van der Waals surface area contributed by atoms with E-state index >= 15 is 0 Å². The van der Waals surface area contributed by atoms with Crippen LogP contribution in [0.5, 0.6) is 11.5 Å². The Kier molecular flexibility index (Phi) is 4.63. The van der Waals surface area contributed by atoms with Crippen LogP contribution in [0.1, 0.15) is 18.5 Å². The zero-order chi connectivity index (χ0) is 13.8. The van der Waals surface area contributed by atoms with Crippen LogP contribution in [-0.2, 0) is 4.74 Å². The van der Waals surface area contributed by atoms with Crippen LogP contribution in [0.2, 0.25) is 0 Å². The van der Waals surface area contributed by atoms with Crippen LogP contribution >= 0.6 is 0 Å². The SMILES string of the molecule is COCC(C)N(C)C(CN)c1ccc2c(c1)OCO2. The van der Waals surface area contributed by atoms with E-state index in [9.17, 15) is 0 Å². The molecule has 1 heterocycles. The summed E-state index contributed by atoms with van der Waals surface area (Å²) in [5.41, 5.74) is 7.07. The van der Waals surface area contributed by atoms with Crippen molar-refractivity contribution in [3.05, 3.63) is 23.8 Å². The molecule has 2 atom stereocenters. The molecule has 1 aromatic carbocycles. The summed E-state index contributed by atoms with van der Waals surface area (Å²) in [5, 5.41) is 0. The van der Waals surface area contributed by atoms with Gasteiger partial charge < -0.3 is 19.9 Å².